The van der Waals surface area contributed by atoms with E-state index < -0.39 is 0 Å². The van der Waals surface area contributed by atoms with Crippen molar-refractivity contribution >= 4 is 15.9 Å². The van der Waals surface area contributed by atoms with E-state index in [2.05, 4.69) is 21.2 Å². The molecule has 3 heteroatoms. The summed E-state index contributed by atoms with van der Waals surface area (Å²) in [5, 5.41) is 12.1. The minimum absolute atomic E-state index is 0.0318. The van der Waals surface area contributed by atoms with Gasteiger partial charge in [-0.05, 0) is 35.1 Å². The number of rotatable bonds is 0. The van der Waals surface area contributed by atoms with E-state index >= 15 is 0 Å². The molecule has 0 saturated carbocycles. The molecule has 0 aromatic rings. The van der Waals surface area contributed by atoms with Gasteiger partial charge in [0, 0.05) is 0 Å². The number of hydrogen-bond acceptors (Lipinski definition) is 2. The Morgan fingerprint density at radius 2 is 2.44 bits per heavy atom. The van der Waals surface area contributed by atoms with Gasteiger partial charge in [-0.25, -0.2) is 0 Å². The molecule has 0 aromatic carbocycles. The van der Waals surface area contributed by atoms with Crippen LogP contribution in [0.1, 0.15) is 6.92 Å². The summed E-state index contributed by atoms with van der Waals surface area (Å²) in [5.74, 6) is 0.359. The Morgan fingerprint density at radius 3 is 2.89 bits per heavy atom. The normalized spacial score (nSPS) is 26.2. The van der Waals surface area contributed by atoms with Crippen LogP contribution >= 0.6 is 15.9 Å². The van der Waals surface area contributed by atoms with Crippen LogP contribution in [0.5, 0.6) is 0 Å². The lowest BCUT2D eigenvalue weighted by Gasteiger charge is -2.15. The molecule has 0 aliphatic carbocycles. The van der Waals surface area contributed by atoms with Gasteiger partial charge in [0.15, 0.2) is 0 Å². The van der Waals surface area contributed by atoms with Gasteiger partial charge in [0.25, 0.3) is 0 Å². The second kappa shape index (κ2) is 2.43. The average molecular weight is 190 g/mol. The van der Waals surface area contributed by atoms with Crippen LogP contribution in [-0.2, 0) is 0 Å². The number of aliphatic hydroxyl groups is 1. The molecule has 2 N–H and O–H groups in total. The molecular weight excluding hydrogens is 182 g/mol. The van der Waals surface area contributed by atoms with Gasteiger partial charge in [-0.2, -0.15) is 0 Å². The monoisotopic (exact) mass is 189 g/mol. The van der Waals surface area contributed by atoms with Gasteiger partial charge >= 0.3 is 0 Å². The predicted octanol–water partition coefficient (Wildman–Crippen LogP) is 1.66. The van der Waals surface area contributed by atoms with Crippen molar-refractivity contribution in [2.45, 2.75) is 13.0 Å². The third kappa shape index (κ3) is 1.27. The fourth-order valence-electron chi connectivity index (χ4n) is 0.637. The summed E-state index contributed by atoms with van der Waals surface area (Å²) >= 11 is 3.20. The van der Waals surface area contributed by atoms with Gasteiger partial charge in [0.2, 0.25) is 0 Å². The van der Waals surface area contributed by atoms with Crippen molar-refractivity contribution < 1.29 is 5.11 Å². The molecule has 0 spiro atoms. The molecule has 0 bridgehead atoms. The van der Waals surface area contributed by atoms with Crippen molar-refractivity contribution in [1.29, 1.82) is 0 Å². The van der Waals surface area contributed by atoms with Gasteiger partial charge in [-0.1, -0.05) is 0 Å². The molecule has 1 aliphatic heterocycles. The van der Waals surface area contributed by atoms with Gasteiger partial charge in [-0.15, -0.1) is 0 Å². The average Bonchev–Trinajstić information content (AvgIpc) is 1.83. The standard InChI is InChI=1S/C6H8BrNO/c1-4-6(9)5(7)2-3-8-4/h2-4,8-9H,1H3. The zero-order valence-corrected chi connectivity index (χ0v) is 6.64. The maximum atomic E-state index is 9.17. The van der Waals surface area contributed by atoms with Gasteiger partial charge < -0.3 is 10.4 Å². The van der Waals surface area contributed by atoms with Crippen molar-refractivity contribution in [3.63, 3.8) is 0 Å². The molecule has 1 unspecified atom stereocenters. The van der Waals surface area contributed by atoms with E-state index in [1.165, 1.54) is 0 Å². The molecule has 2 nitrogen and oxygen atoms in total. The molecule has 0 amide bonds. The summed E-state index contributed by atoms with van der Waals surface area (Å²) in [6.45, 7) is 1.89. The van der Waals surface area contributed by atoms with E-state index in [1.807, 2.05) is 6.92 Å². The maximum Gasteiger partial charge on any atom is 0.128 e. The highest BCUT2D eigenvalue weighted by molar-refractivity contribution is 9.11. The van der Waals surface area contributed by atoms with E-state index in [1.54, 1.807) is 12.3 Å². The first kappa shape index (κ1) is 6.68. The third-order valence-corrected chi connectivity index (χ3v) is 1.90. The molecular formula is C6H8BrNO. The van der Waals surface area contributed by atoms with Crippen LogP contribution < -0.4 is 5.32 Å². The van der Waals surface area contributed by atoms with E-state index in [0.29, 0.717) is 5.76 Å². The number of hydrogen-bond donors (Lipinski definition) is 2. The highest BCUT2D eigenvalue weighted by atomic mass is 79.9. The predicted molar refractivity (Wildman–Crippen MR) is 40.3 cm³/mol. The number of dihydropyridines is 1. The molecule has 1 aliphatic rings. The lowest BCUT2D eigenvalue weighted by Crippen LogP contribution is -2.25. The van der Waals surface area contributed by atoms with Crippen LogP contribution in [0.25, 0.3) is 0 Å². The molecule has 50 valence electrons. The summed E-state index contributed by atoms with van der Waals surface area (Å²) in [5.41, 5.74) is 0. The summed E-state index contributed by atoms with van der Waals surface area (Å²) in [6, 6.07) is 0.0318. The Balaban J connectivity index is 2.83. The third-order valence-electron chi connectivity index (χ3n) is 1.23. The number of allylic oxidation sites excluding steroid dienone is 2. The number of aliphatic hydroxyl groups excluding tert-OH is 1. The molecule has 9 heavy (non-hydrogen) atoms. The highest BCUT2D eigenvalue weighted by Crippen LogP contribution is 2.17. The summed E-state index contributed by atoms with van der Waals surface area (Å²) in [6.07, 6.45) is 3.57. The van der Waals surface area contributed by atoms with E-state index in [9.17, 15) is 0 Å². The van der Waals surface area contributed by atoms with Gasteiger partial charge in [0.1, 0.15) is 5.76 Å². The van der Waals surface area contributed by atoms with E-state index in [4.69, 9.17) is 5.11 Å². The van der Waals surface area contributed by atoms with Crippen LogP contribution in [0.2, 0.25) is 0 Å². The fourth-order valence-corrected chi connectivity index (χ4v) is 1.11. The highest BCUT2D eigenvalue weighted by Gasteiger charge is 2.10. The van der Waals surface area contributed by atoms with Gasteiger partial charge in [-0.3, -0.25) is 0 Å². The Hall–Kier alpha value is -0.440. The molecule has 0 fully saturated rings. The topological polar surface area (TPSA) is 32.3 Å². The molecule has 0 aromatic heterocycles. The lowest BCUT2D eigenvalue weighted by atomic mass is 10.2. The van der Waals surface area contributed by atoms with Crippen molar-refractivity contribution in [2.75, 3.05) is 0 Å². The molecule has 1 rings (SSSR count). The van der Waals surface area contributed by atoms with Crippen LogP contribution in [0, 0.1) is 0 Å². The second-order valence-corrected chi connectivity index (χ2v) is 2.81. The summed E-state index contributed by atoms with van der Waals surface area (Å²) in [4.78, 5) is 0. The fraction of sp³-hybridized carbons (Fsp3) is 0.333. The van der Waals surface area contributed by atoms with Crippen molar-refractivity contribution in [2.24, 2.45) is 0 Å². The lowest BCUT2D eigenvalue weighted by molar-refractivity contribution is 0.357. The van der Waals surface area contributed by atoms with Crippen LogP contribution in [0.4, 0.5) is 0 Å². The first-order chi connectivity index (χ1) is 4.22. The van der Waals surface area contributed by atoms with Crippen LogP contribution in [-0.4, -0.2) is 11.1 Å². The van der Waals surface area contributed by atoms with Gasteiger partial charge in [0.05, 0.1) is 10.5 Å². The quantitative estimate of drug-likeness (QED) is 0.608. The Morgan fingerprint density at radius 1 is 1.78 bits per heavy atom. The molecule has 0 saturated heterocycles. The maximum absolute atomic E-state index is 9.17. The summed E-state index contributed by atoms with van der Waals surface area (Å²) in [7, 11) is 0. The second-order valence-electron chi connectivity index (χ2n) is 1.95. The van der Waals surface area contributed by atoms with Crippen molar-refractivity contribution in [3.8, 4) is 0 Å². The Kier molecular flexibility index (Phi) is 1.81. The molecule has 1 atom stereocenters. The van der Waals surface area contributed by atoms with E-state index in [-0.39, 0.29) is 6.04 Å². The number of halogens is 1. The van der Waals surface area contributed by atoms with Crippen LogP contribution in [0.3, 0.4) is 0 Å². The first-order valence-electron chi connectivity index (χ1n) is 2.73. The summed E-state index contributed by atoms with van der Waals surface area (Å²) < 4.78 is 0.758. The minimum atomic E-state index is 0.0318. The van der Waals surface area contributed by atoms with E-state index in [0.717, 1.165) is 4.48 Å². The minimum Gasteiger partial charge on any atom is -0.509 e. The Labute approximate surface area is 62.4 Å². The first-order valence-corrected chi connectivity index (χ1v) is 3.52. The molecule has 1 heterocycles. The zero-order chi connectivity index (χ0) is 6.85. The van der Waals surface area contributed by atoms with Crippen LogP contribution in [0.15, 0.2) is 22.5 Å². The molecule has 0 radical (unpaired) electrons. The van der Waals surface area contributed by atoms with Crippen molar-refractivity contribution in [3.05, 3.63) is 22.5 Å². The zero-order valence-electron chi connectivity index (χ0n) is 5.06. The number of nitrogens with one attached hydrogen (secondary N) is 1. The van der Waals surface area contributed by atoms with Crippen molar-refractivity contribution in [1.82, 2.24) is 5.32 Å². The smallest absolute Gasteiger partial charge is 0.128 e. The Bertz CT molecular complexity index is 174. The SMILES string of the molecule is CC1NC=CC(Br)=C1O. The largest absolute Gasteiger partial charge is 0.509 e.